The zero-order chi connectivity index (χ0) is 14.2. The number of aryl methyl sites for hydroxylation is 2. The van der Waals surface area contributed by atoms with Gasteiger partial charge in [0.25, 0.3) is 0 Å². The Labute approximate surface area is 131 Å². The number of benzene rings is 1. The van der Waals surface area contributed by atoms with E-state index in [1.54, 1.807) is 0 Å². The maximum atomic E-state index is 5.76. The van der Waals surface area contributed by atoms with E-state index in [0.717, 1.165) is 31.3 Å². The summed E-state index contributed by atoms with van der Waals surface area (Å²) in [6, 6.07) is 4.71. The van der Waals surface area contributed by atoms with Gasteiger partial charge >= 0.3 is 0 Å². The standard InChI is InChI=1S/C17H22N2OS/c21-17(19-7-9-20-10-8-19)15-11-13-3-1-5-18-6-2-4-14(12-15)16(13)18/h11-12H,1-10H2. The van der Waals surface area contributed by atoms with E-state index in [-0.39, 0.29) is 0 Å². The van der Waals surface area contributed by atoms with Crippen molar-refractivity contribution in [2.75, 3.05) is 44.3 Å². The van der Waals surface area contributed by atoms with Gasteiger partial charge in [0.1, 0.15) is 4.99 Å². The van der Waals surface area contributed by atoms with Crippen molar-refractivity contribution >= 4 is 22.9 Å². The molecule has 3 nitrogen and oxygen atoms in total. The fraction of sp³-hybridized carbons (Fsp3) is 0.588. The molecule has 0 aromatic heterocycles. The summed E-state index contributed by atoms with van der Waals surface area (Å²) >= 11 is 5.76. The zero-order valence-corrected chi connectivity index (χ0v) is 13.3. The van der Waals surface area contributed by atoms with Crippen LogP contribution in [0.5, 0.6) is 0 Å². The molecule has 3 aliphatic rings. The summed E-state index contributed by atoms with van der Waals surface area (Å²) in [6.07, 6.45) is 4.97. The summed E-state index contributed by atoms with van der Waals surface area (Å²) in [4.78, 5) is 5.90. The second kappa shape index (κ2) is 5.58. The van der Waals surface area contributed by atoms with Crippen molar-refractivity contribution in [3.8, 4) is 0 Å². The van der Waals surface area contributed by atoms with Gasteiger partial charge in [0.05, 0.1) is 13.2 Å². The number of morpholine rings is 1. The van der Waals surface area contributed by atoms with Crippen molar-refractivity contribution in [1.82, 2.24) is 4.90 Å². The molecule has 0 saturated carbocycles. The Kier molecular flexibility index (Phi) is 3.59. The van der Waals surface area contributed by atoms with Crippen molar-refractivity contribution in [2.45, 2.75) is 25.7 Å². The van der Waals surface area contributed by atoms with Crippen LogP contribution in [0.25, 0.3) is 0 Å². The lowest BCUT2D eigenvalue weighted by Gasteiger charge is -2.38. The molecular weight excluding hydrogens is 280 g/mol. The van der Waals surface area contributed by atoms with Gasteiger partial charge in [-0.1, -0.05) is 12.2 Å². The summed E-state index contributed by atoms with van der Waals surface area (Å²) in [6.45, 7) is 5.91. The number of hydrogen-bond donors (Lipinski definition) is 0. The van der Waals surface area contributed by atoms with Crippen LogP contribution in [0, 0.1) is 0 Å². The van der Waals surface area contributed by atoms with Crippen LogP contribution in [0.15, 0.2) is 12.1 Å². The predicted octanol–water partition coefficient (Wildman–Crippen LogP) is 2.39. The number of nitrogens with zero attached hydrogens (tertiary/aromatic N) is 2. The Morgan fingerprint density at radius 2 is 1.57 bits per heavy atom. The molecule has 112 valence electrons. The molecular formula is C17H22N2OS. The van der Waals surface area contributed by atoms with Crippen LogP contribution in [0.3, 0.4) is 0 Å². The van der Waals surface area contributed by atoms with E-state index in [1.807, 2.05) is 0 Å². The minimum atomic E-state index is 0.797. The van der Waals surface area contributed by atoms with Crippen molar-refractivity contribution in [3.63, 3.8) is 0 Å². The Morgan fingerprint density at radius 3 is 2.19 bits per heavy atom. The Hall–Kier alpha value is -1.13. The van der Waals surface area contributed by atoms with Gasteiger partial charge in [-0.15, -0.1) is 0 Å². The average Bonchev–Trinajstić information content (AvgIpc) is 2.55. The molecule has 1 aromatic rings. The van der Waals surface area contributed by atoms with E-state index >= 15 is 0 Å². The lowest BCUT2D eigenvalue weighted by Crippen LogP contribution is -2.40. The summed E-state index contributed by atoms with van der Waals surface area (Å²) in [5.74, 6) is 0. The number of thiocarbonyl (C=S) groups is 1. The maximum absolute atomic E-state index is 5.76. The van der Waals surface area contributed by atoms with E-state index in [2.05, 4.69) is 21.9 Å². The molecule has 3 aliphatic heterocycles. The average molecular weight is 302 g/mol. The van der Waals surface area contributed by atoms with Gasteiger partial charge in [-0.2, -0.15) is 0 Å². The minimum absolute atomic E-state index is 0.797. The van der Waals surface area contributed by atoms with Crippen LogP contribution in [0.4, 0.5) is 5.69 Å². The Balaban J connectivity index is 1.69. The quantitative estimate of drug-likeness (QED) is 0.740. The summed E-state index contributed by atoms with van der Waals surface area (Å²) < 4.78 is 5.44. The highest BCUT2D eigenvalue weighted by atomic mass is 32.1. The van der Waals surface area contributed by atoms with Crippen molar-refractivity contribution in [3.05, 3.63) is 28.8 Å². The smallest absolute Gasteiger partial charge is 0.109 e. The summed E-state index contributed by atoms with van der Waals surface area (Å²) in [5, 5.41) is 0. The molecule has 0 unspecified atom stereocenters. The Morgan fingerprint density at radius 1 is 0.952 bits per heavy atom. The van der Waals surface area contributed by atoms with Crippen molar-refractivity contribution < 1.29 is 4.74 Å². The molecule has 0 spiro atoms. The SMILES string of the molecule is S=C(c1cc2c3c(c1)CCCN3CCC2)N1CCOCC1. The molecule has 0 atom stereocenters. The summed E-state index contributed by atoms with van der Waals surface area (Å²) in [7, 11) is 0. The summed E-state index contributed by atoms with van der Waals surface area (Å²) in [5.41, 5.74) is 5.82. The molecule has 0 amide bonds. The molecule has 0 radical (unpaired) electrons. The molecule has 0 bridgehead atoms. The molecule has 21 heavy (non-hydrogen) atoms. The number of anilines is 1. The minimum Gasteiger partial charge on any atom is -0.378 e. The zero-order valence-electron chi connectivity index (χ0n) is 12.4. The van der Waals surface area contributed by atoms with Crippen LogP contribution in [0.1, 0.15) is 29.5 Å². The van der Waals surface area contributed by atoms with Gasteiger partial charge in [-0.25, -0.2) is 0 Å². The molecule has 1 saturated heterocycles. The molecule has 4 heteroatoms. The van der Waals surface area contributed by atoms with Crippen LogP contribution < -0.4 is 4.90 Å². The van der Waals surface area contributed by atoms with Crippen molar-refractivity contribution in [1.29, 1.82) is 0 Å². The van der Waals surface area contributed by atoms with Gasteiger partial charge in [-0.05, 0) is 48.9 Å². The van der Waals surface area contributed by atoms with Crippen LogP contribution in [-0.2, 0) is 17.6 Å². The highest BCUT2D eigenvalue weighted by Crippen LogP contribution is 2.36. The first-order chi connectivity index (χ1) is 10.3. The third-order valence-electron chi connectivity index (χ3n) is 4.88. The van der Waals surface area contributed by atoms with Gasteiger partial charge in [-0.3, -0.25) is 0 Å². The monoisotopic (exact) mass is 302 g/mol. The van der Waals surface area contributed by atoms with Gasteiger partial charge in [0.2, 0.25) is 0 Å². The third-order valence-corrected chi connectivity index (χ3v) is 5.37. The fourth-order valence-corrected chi connectivity index (χ4v) is 4.18. The van der Waals surface area contributed by atoms with E-state index in [1.165, 1.54) is 61.2 Å². The van der Waals surface area contributed by atoms with Crippen molar-refractivity contribution in [2.24, 2.45) is 0 Å². The molecule has 0 aliphatic carbocycles. The normalized spacial score (nSPS) is 21.1. The third kappa shape index (κ3) is 2.44. The largest absolute Gasteiger partial charge is 0.378 e. The van der Waals surface area contributed by atoms with E-state index in [9.17, 15) is 0 Å². The lowest BCUT2D eigenvalue weighted by molar-refractivity contribution is 0.0693. The second-order valence-corrected chi connectivity index (χ2v) is 6.63. The van der Waals surface area contributed by atoms with E-state index in [0.29, 0.717) is 0 Å². The van der Waals surface area contributed by atoms with E-state index in [4.69, 9.17) is 17.0 Å². The van der Waals surface area contributed by atoms with Gasteiger partial charge < -0.3 is 14.5 Å². The van der Waals surface area contributed by atoms with E-state index < -0.39 is 0 Å². The molecule has 0 N–H and O–H groups in total. The highest BCUT2D eigenvalue weighted by Gasteiger charge is 2.25. The number of ether oxygens (including phenoxy) is 1. The van der Waals surface area contributed by atoms with Gasteiger partial charge in [0.15, 0.2) is 0 Å². The molecule has 4 rings (SSSR count). The number of hydrogen-bond acceptors (Lipinski definition) is 3. The molecule has 3 heterocycles. The van der Waals surface area contributed by atoms with Crippen LogP contribution >= 0.6 is 12.2 Å². The maximum Gasteiger partial charge on any atom is 0.109 e. The first-order valence-electron chi connectivity index (χ1n) is 8.11. The first kappa shape index (κ1) is 13.5. The highest BCUT2D eigenvalue weighted by molar-refractivity contribution is 7.80. The van der Waals surface area contributed by atoms with Crippen LogP contribution in [0.2, 0.25) is 0 Å². The number of rotatable bonds is 1. The molecule has 1 fully saturated rings. The Bertz CT molecular complexity index is 535. The predicted molar refractivity (Wildman–Crippen MR) is 89.4 cm³/mol. The topological polar surface area (TPSA) is 15.7 Å². The van der Waals surface area contributed by atoms with Gasteiger partial charge in [0, 0.05) is 37.4 Å². The first-order valence-corrected chi connectivity index (χ1v) is 8.51. The fourth-order valence-electron chi connectivity index (χ4n) is 3.88. The second-order valence-electron chi connectivity index (χ2n) is 6.24. The van der Waals surface area contributed by atoms with Crippen LogP contribution in [-0.4, -0.2) is 49.3 Å². The lowest BCUT2D eigenvalue weighted by atomic mass is 9.90. The molecule has 1 aromatic carbocycles.